The van der Waals surface area contributed by atoms with Crippen LogP contribution in [0.15, 0.2) is 47.6 Å². The largest absolute Gasteiger partial charge is 0.465 e. The monoisotopic (exact) mass is 377 g/mol. The van der Waals surface area contributed by atoms with Gasteiger partial charge < -0.3 is 4.74 Å². The van der Waals surface area contributed by atoms with Crippen molar-refractivity contribution in [3.63, 3.8) is 0 Å². The predicted octanol–water partition coefficient (Wildman–Crippen LogP) is 5.37. The van der Waals surface area contributed by atoms with Crippen LogP contribution in [0.1, 0.15) is 23.1 Å². The van der Waals surface area contributed by atoms with Gasteiger partial charge in [-0.25, -0.2) is 0 Å². The van der Waals surface area contributed by atoms with Crippen molar-refractivity contribution in [1.29, 1.82) is 0 Å². The minimum atomic E-state index is -0.321. The van der Waals surface area contributed by atoms with E-state index in [4.69, 9.17) is 33.5 Å². The van der Waals surface area contributed by atoms with Gasteiger partial charge in [0.15, 0.2) is 0 Å². The molecule has 0 N–H and O–H groups in total. The molecule has 0 spiro atoms. The lowest BCUT2D eigenvalue weighted by Gasteiger charge is -2.12. The number of hydrogen-bond acceptors (Lipinski definition) is 3. The Morgan fingerprint density at radius 2 is 1.76 bits per heavy atom. The fourth-order valence-electron chi connectivity index (χ4n) is 2.37. The molecule has 2 aromatic rings. The molecule has 0 radical (unpaired) electrons. The van der Waals surface area contributed by atoms with Crippen LogP contribution in [0.4, 0.5) is 0 Å². The summed E-state index contributed by atoms with van der Waals surface area (Å²) in [6.45, 7) is 0.543. The standard InChI is InChI=1S/C18H17Cl2N3O2/c19-16-7-3-8-17(20)15(16)11-13-5-1-2-6-14(13)12-18(24)25-10-4-9-22-23-21/h1-3,5-8H,4,9-12H2. The van der Waals surface area contributed by atoms with Crippen molar-refractivity contribution < 1.29 is 9.53 Å². The molecule has 0 aliphatic rings. The molecular formula is C18H17Cl2N3O2. The molecule has 0 saturated heterocycles. The molecule has 0 amide bonds. The van der Waals surface area contributed by atoms with Crippen molar-refractivity contribution in [3.05, 3.63) is 79.6 Å². The third kappa shape index (κ3) is 5.98. The highest BCUT2D eigenvalue weighted by Crippen LogP contribution is 2.28. The first kappa shape index (κ1) is 19.1. The van der Waals surface area contributed by atoms with E-state index in [-0.39, 0.29) is 19.0 Å². The second-order valence-electron chi connectivity index (χ2n) is 5.35. The van der Waals surface area contributed by atoms with Gasteiger partial charge in [-0.15, -0.1) is 0 Å². The summed E-state index contributed by atoms with van der Waals surface area (Å²) in [5, 5.41) is 4.59. The zero-order valence-corrected chi connectivity index (χ0v) is 15.0. The third-order valence-electron chi connectivity index (χ3n) is 3.61. The second-order valence-corrected chi connectivity index (χ2v) is 6.17. The Hall–Kier alpha value is -2.20. The molecule has 2 aromatic carbocycles. The summed E-state index contributed by atoms with van der Waals surface area (Å²) in [5.74, 6) is -0.321. The lowest BCUT2D eigenvalue weighted by molar-refractivity contribution is -0.142. The zero-order valence-electron chi connectivity index (χ0n) is 13.5. The summed E-state index contributed by atoms with van der Waals surface area (Å²) >= 11 is 12.5. The molecule has 0 unspecified atom stereocenters. The van der Waals surface area contributed by atoms with Gasteiger partial charge in [0.1, 0.15) is 0 Å². The molecule has 0 heterocycles. The van der Waals surface area contributed by atoms with Gasteiger partial charge in [-0.1, -0.05) is 58.6 Å². The average molecular weight is 378 g/mol. The first-order valence-corrected chi connectivity index (χ1v) is 8.53. The second kappa shape index (κ2) is 9.94. The predicted molar refractivity (Wildman–Crippen MR) is 99.0 cm³/mol. The van der Waals surface area contributed by atoms with E-state index in [1.54, 1.807) is 18.2 Å². The van der Waals surface area contributed by atoms with Gasteiger partial charge in [0.25, 0.3) is 0 Å². The van der Waals surface area contributed by atoms with Gasteiger partial charge in [-0.2, -0.15) is 0 Å². The van der Waals surface area contributed by atoms with Crippen LogP contribution in [-0.2, 0) is 22.4 Å². The Morgan fingerprint density at radius 3 is 2.44 bits per heavy atom. The molecule has 0 aliphatic heterocycles. The topological polar surface area (TPSA) is 75.1 Å². The summed E-state index contributed by atoms with van der Waals surface area (Å²) in [6.07, 6.45) is 1.21. The number of ether oxygens (including phenoxy) is 1. The quantitative estimate of drug-likeness (QED) is 0.204. The van der Waals surface area contributed by atoms with E-state index in [9.17, 15) is 4.79 Å². The number of rotatable bonds is 8. The number of esters is 1. The van der Waals surface area contributed by atoms with Gasteiger partial charge >= 0.3 is 5.97 Å². The highest BCUT2D eigenvalue weighted by Gasteiger charge is 2.12. The Labute approximate surface area is 156 Å². The highest BCUT2D eigenvalue weighted by molar-refractivity contribution is 6.36. The van der Waals surface area contributed by atoms with E-state index in [1.165, 1.54) is 0 Å². The van der Waals surface area contributed by atoms with Gasteiger partial charge in [0.05, 0.1) is 13.0 Å². The lowest BCUT2D eigenvalue weighted by Crippen LogP contribution is -2.11. The van der Waals surface area contributed by atoms with Crippen LogP contribution < -0.4 is 0 Å². The van der Waals surface area contributed by atoms with Crippen molar-refractivity contribution in [2.75, 3.05) is 13.2 Å². The Morgan fingerprint density at radius 1 is 1.08 bits per heavy atom. The molecule has 2 rings (SSSR count). The molecule has 25 heavy (non-hydrogen) atoms. The van der Waals surface area contributed by atoms with E-state index >= 15 is 0 Å². The molecule has 7 heteroatoms. The molecular weight excluding hydrogens is 361 g/mol. The minimum Gasteiger partial charge on any atom is -0.465 e. The van der Waals surface area contributed by atoms with E-state index in [0.717, 1.165) is 16.7 Å². The zero-order chi connectivity index (χ0) is 18.1. The van der Waals surface area contributed by atoms with Crippen LogP contribution in [-0.4, -0.2) is 19.1 Å². The van der Waals surface area contributed by atoms with Crippen LogP contribution in [0, 0.1) is 0 Å². The molecule has 0 saturated carbocycles. The Kier molecular flexibility index (Phi) is 7.61. The fraction of sp³-hybridized carbons (Fsp3) is 0.278. The molecule has 0 atom stereocenters. The van der Waals surface area contributed by atoms with Crippen molar-refractivity contribution in [3.8, 4) is 0 Å². The highest BCUT2D eigenvalue weighted by atomic mass is 35.5. The number of azide groups is 1. The number of nitrogens with zero attached hydrogens (tertiary/aromatic N) is 3. The summed E-state index contributed by atoms with van der Waals surface area (Å²) in [6, 6.07) is 13.0. The maximum atomic E-state index is 12.0. The summed E-state index contributed by atoms with van der Waals surface area (Å²) in [5.41, 5.74) is 10.9. The summed E-state index contributed by atoms with van der Waals surface area (Å²) in [4.78, 5) is 14.7. The molecule has 0 bridgehead atoms. The van der Waals surface area contributed by atoms with Crippen LogP contribution in [0.2, 0.25) is 10.0 Å². The van der Waals surface area contributed by atoms with E-state index in [2.05, 4.69) is 10.0 Å². The maximum absolute atomic E-state index is 12.0. The minimum absolute atomic E-state index is 0.166. The van der Waals surface area contributed by atoms with Crippen molar-refractivity contribution in [1.82, 2.24) is 0 Å². The van der Waals surface area contributed by atoms with E-state index in [0.29, 0.717) is 29.4 Å². The third-order valence-corrected chi connectivity index (χ3v) is 4.32. The van der Waals surface area contributed by atoms with Crippen molar-refractivity contribution in [2.24, 2.45) is 5.11 Å². The summed E-state index contributed by atoms with van der Waals surface area (Å²) < 4.78 is 5.17. The number of carbonyl (C=O) groups excluding carboxylic acids is 1. The number of halogens is 2. The van der Waals surface area contributed by atoms with Gasteiger partial charge in [0.2, 0.25) is 0 Å². The van der Waals surface area contributed by atoms with Crippen LogP contribution >= 0.6 is 23.2 Å². The van der Waals surface area contributed by atoms with E-state index < -0.39 is 0 Å². The van der Waals surface area contributed by atoms with Crippen molar-refractivity contribution in [2.45, 2.75) is 19.3 Å². The molecule has 5 nitrogen and oxygen atoms in total. The van der Waals surface area contributed by atoms with Crippen LogP contribution in [0.5, 0.6) is 0 Å². The SMILES string of the molecule is [N-]=[N+]=NCCCOC(=O)Cc1ccccc1Cc1c(Cl)cccc1Cl. The van der Waals surface area contributed by atoms with E-state index in [1.807, 2.05) is 24.3 Å². The first-order valence-electron chi connectivity index (χ1n) is 7.78. The number of benzene rings is 2. The smallest absolute Gasteiger partial charge is 0.310 e. The fourth-order valence-corrected chi connectivity index (χ4v) is 2.90. The van der Waals surface area contributed by atoms with Crippen molar-refractivity contribution >= 4 is 29.2 Å². The number of hydrogen-bond donors (Lipinski definition) is 0. The lowest BCUT2D eigenvalue weighted by atomic mass is 9.98. The van der Waals surface area contributed by atoms with Gasteiger partial charge in [-0.05, 0) is 40.8 Å². The maximum Gasteiger partial charge on any atom is 0.310 e. The van der Waals surface area contributed by atoms with Crippen LogP contribution in [0.3, 0.4) is 0 Å². The Bertz CT molecular complexity index is 769. The summed E-state index contributed by atoms with van der Waals surface area (Å²) in [7, 11) is 0. The number of carbonyl (C=O) groups is 1. The average Bonchev–Trinajstić information content (AvgIpc) is 2.59. The van der Waals surface area contributed by atoms with Crippen LogP contribution in [0.25, 0.3) is 10.4 Å². The normalized spacial score (nSPS) is 10.2. The first-order chi connectivity index (χ1) is 12.1. The van der Waals surface area contributed by atoms with Gasteiger partial charge in [0, 0.05) is 27.9 Å². The molecule has 0 fully saturated rings. The molecule has 0 aliphatic carbocycles. The molecule has 0 aromatic heterocycles. The van der Waals surface area contributed by atoms with Gasteiger partial charge in [-0.3, -0.25) is 4.79 Å². The Balaban J connectivity index is 2.03. The molecule has 130 valence electrons.